The van der Waals surface area contributed by atoms with E-state index in [0.717, 1.165) is 29.1 Å². The maximum absolute atomic E-state index is 12.4. The molecule has 5 nitrogen and oxygen atoms in total. The van der Waals surface area contributed by atoms with Gasteiger partial charge in [0.05, 0.1) is 18.8 Å². The fourth-order valence-corrected chi connectivity index (χ4v) is 2.82. The number of amides is 1. The molecule has 1 atom stereocenters. The Bertz CT molecular complexity index is 728. The Morgan fingerprint density at radius 3 is 2.75 bits per heavy atom. The Morgan fingerprint density at radius 2 is 2.04 bits per heavy atom. The number of hydrogen-bond acceptors (Lipinski definition) is 4. The molecule has 1 aliphatic heterocycles. The van der Waals surface area contributed by atoms with Gasteiger partial charge in [-0.2, -0.15) is 0 Å². The summed E-state index contributed by atoms with van der Waals surface area (Å²) in [5.74, 6) is 0.731. The highest BCUT2D eigenvalue weighted by atomic mass is 16.5. The van der Waals surface area contributed by atoms with E-state index in [0.29, 0.717) is 12.2 Å². The number of hydrogen-bond donors (Lipinski definition) is 2. The van der Waals surface area contributed by atoms with Crippen molar-refractivity contribution in [3.8, 4) is 5.75 Å². The molecular formula is C19H23N3O2. The third-order valence-electron chi connectivity index (χ3n) is 4.17. The Balaban J connectivity index is 1.74. The Hall–Kier alpha value is -2.69. The highest BCUT2D eigenvalue weighted by Gasteiger charge is 2.26. The lowest BCUT2D eigenvalue weighted by molar-refractivity contribution is -0.115. The summed E-state index contributed by atoms with van der Waals surface area (Å²) in [6.07, 6.45) is 0.966. The smallest absolute Gasteiger partial charge is 0.243 e. The molecule has 2 aromatic rings. The number of nitrogens with zero attached hydrogens (tertiary/aromatic N) is 1. The number of carbonyl (C=O) groups is 1. The Morgan fingerprint density at radius 1 is 1.29 bits per heavy atom. The van der Waals surface area contributed by atoms with Crippen molar-refractivity contribution in [2.45, 2.75) is 26.4 Å². The van der Waals surface area contributed by atoms with Gasteiger partial charge in [0.25, 0.3) is 0 Å². The zero-order valence-electron chi connectivity index (χ0n) is 14.1. The maximum Gasteiger partial charge on any atom is 0.243 e. The van der Waals surface area contributed by atoms with E-state index in [1.165, 1.54) is 0 Å². The molecule has 3 rings (SSSR count). The number of nitrogens with two attached hydrogens (primary N) is 1. The first-order valence-electron chi connectivity index (χ1n) is 8.23. The lowest BCUT2D eigenvalue weighted by Gasteiger charge is -2.35. The molecule has 0 spiro atoms. The second kappa shape index (κ2) is 6.83. The number of anilines is 3. The standard InChI is InChI=1S/C19H23N3O2/c1-3-16-11-22(17-10-14(20)6-9-18(17)24-16)12-19(23)21-15-7-4-13(2)5-8-15/h4-10,16H,3,11-12,20H2,1-2H3,(H,21,23). The molecule has 1 aliphatic rings. The number of benzene rings is 2. The zero-order chi connectivity index (χ0) is 17.1. The minimum absolute atomic E-state index is 0.0519. The number of nitrogen functional groups attached to an aromatic ring is 1. The first-order valence-corrected chi connectivity index (χ1v) is 8.23. The summed E-state index contributed by atoms with van der Waals surface area (Å²) in [5.41, 5.74) is 9.40. The number of carbonyl (C=O) groups excluding carboxylic acids is 1. The number of rotatable bonds is 4. The molecule has 1 heterocycles. The van der Waals surface area contributed by atoms with Gasteiger partial charge < -0.3 is 20.7 Å². The quantitative estimate of drug-likeness (QED) is 0.847. The van der Waals surface area contributed by atoms with Crippen molar-refractivity contribution in [3.63, 3.8) is 0 Å². The molecule has 0 aliphatic carbocycles. The molecule has 5 heteroatoms. The van der Waals surface area contributed by atoms with Crippen LogP contribution in [0.3, 0.4) is 0 Å². The van der Waals surface area contributed by atoms with Crippen LogP contribution in [0.25, 0.3) is 0 Å². The Kier molecular flexibility index (Phi) is 4.60. The van der Waals surface area contributed by atoms with E-state index in [9.17, 15) is 4.79 Å². The molecule has 1 amide bonds. The highest BCUT2D eigenvalue weighted by molar-refractivity contribution is 5.94. The van der Waals surface area contributed by atoms with Crippen LogP contribution in [0.2, 0.25) is 0 Å². The van der Waals surface area contributed by atoms with E-state index in [-0.39, 0.29) is 18.6 Å². The molecule has 0 bridgehead atoms. The van der Waals surface area contributed by atoms with Crippen molar-refractivity contribution in [2.24, 2.45) is 0 Å². The fraction of sp³-hybridized carbons (Fsp3) is 0.316. The van der Waals surface area contributed by atoms with Crippen LogP contribution in [-0.2, 0) is 4.79 Å². The third-order valence-corrected chi connectivity index (χ3v) is 4.17. The number of aryl methyl sites for hydroxylation is 1. The van der Waals surface area contributed by atoms with Crippen LogP contribution in [-0.4, -0.2) is 25.1 Å². The average molecular weight is 325 g/mol. The van der Waals surface area contributed by atoms with Gasteiger partial charge in [-0.3, -0.25) is 4.79 Å². The van der Waals surface area contributed by atoms with Gasteiger partial charge in [-0.15, -0.1) is 0 Å². The van der Waals surface area contributed by atoms with Gasteiger partial charge in [0, 0.05) is 11.4 Å². The minimum Gasteiger partial charge on any atom is -0.486 e. The molecule has 3 N–H and O–H groups in total. The largest absolute Gasteiger partial charge is 0.486 e. The van der Waals surface area contributed by atoms with Gasteiger partial charge in [0.15, 0.2) is 0 Å². The highest BCUT2D eigenvalue weighted by Crippen LogP contribution is 2.35. The average Bonchev–Trinajstić information content (AvgIpc) is 2.57. The van der Waals surface area contributed by atoms with Gasteiger partial charge in [-0.1, -0.05) is 24.6 Å². The van der Waals surface area contributed by atoms with Crippen molar-refractivity contribution in [1.29, 1.82) is 0 Å². The molecular weight excluding hydrogens is 302 g/mol. The number of ether oxygens (including phenoxy) is 1. The summed E-state index contributed by atoms with van der Waals surface area (Å²) in [7, 11) is 0. The van der Waals surface area contributed by atoms with E-state index in [1.807, 2.05) is 54.3 Å². The maximum atomic E-state index is 12.4. The summed E-state index contributed by atoms with van der Waals surface area (Å²) in [6.45, 7) is 5.04. The molecule has 2 aromatic carbocycles. The molecule has 126 valence electrons. The number of nitrogens with one attached hydrogen (secondary N) is 1. The SMILES string of the molecule is CCC1CN(CC(=O)Nc2ccc(C)cc2)c2cc(N)ccc2O1. The van der Waals surface area contributed by atoms with Gasteiger partial charge in [0.2, 0.25) is 5.91 Å². The molecule has 0 aromatic heterocycles. The van der Waals surface area contributed by atoms with E-state index >= 15 is 0 Å². The summed E-state index contributed by atoms with van der Waals surface area (Å²) in [6, 6.07) is 13.3. The van der Waals surface area contributed by atoms with Gasteiger partial charge in [-0.25, -0.2) is 0 Å². The molecule has 0 saturated carbocycles. The lowest BCUT2D eigenvalue weighted by atomic mass is 10.1. The van der Waals surface area contributed by atoms with Gasteiger partial charge in [-0.05, 0) is 43.7 Å². The van der Waals surface area contributed by atoms with Crippen LogP contribution in [0.1, 0.15) is 18.9 Å². The second-order valence-electron chi connectivity index (χ2n) is 6.17. The summed E-state index contributed by atoms with van der Waals surface area (Å²) < 4.78 is 5.95. The van der Waals surface area contributed by atoms with Crippen LogP contribution in [0.15, 0.2) is 42.5 Å². The summed E-state index contributed by atoms with van der Waals surface area (Å²) in [5, 5.41) is 2.94. The predicted molar refractivity (Wildman–Crippen MR) is 97.6 cm³/mol. The molecule has 24 heavy (non-hydrogen) atoms. The first-order chi connectivity index (χ1) is 11.5. The van der Waals surface area contributed by atoms with E-state index < -0.39 is 0 Å². The van der Waals surface area contributed by atoms with Crippen LogP contribution < -0.4 is 20.7 Å². The predicted octanol–water partition coefficient (Wildman–Crippen LogP) is 3.19. The summed E-state index contributed by atoms with van der Waals surface area (Å²) in [4.78, 5) is 14.5. The molecule has 1 unspecified atom stereocenters. The fourth-order valence-electron chi connectivity index (χ4n) is 2.82. The van der Waals surface area contributed by atoms with Crippen molar-refractivity contribution in [3.05, 3.63) is 48.0 Å². The van der Waals surface area contributed by atoms with E-state index in [1.54, 1.807) is 0 Å². The van der Waals surface area contributed by atoms with E-state index in [4.69, 9.17) is 10.5 Å². The normalized spacial score (nSPS) is 16.2. The topological polar surface area (TPSA) is 67.6 Å². The number of fused-ring (bicyclic) bond motifs is 1. The van der Waals surface area contributed by atoms with Crippen molar-refractivity contribution >= 4 is 23.0 Å². The first kappa shape index (κ1) is 16.2. The monoisotopic (exact) mass is 325 g/mol. The third kappa shape index (κ3) is 3.62. The van der Waals surface area contributed by atoms with Crippen molar-refractivity contribution < 1.29 is 9.53 Å². The van der Waals surface area contributed by atoms with E-state index in [2.05, 4.69) is 12.2 Å². The van der Waals surface area contributed by atoms with Crippen LogP contribution in [0, 0.1) is 6.92 Å². The zero-order valence-corrected chi connectivity index (χ0v) is 14.1. The van der Waals surface area contributed by atoms with Gasteiger partial charge >= 0.3 is 0 Å². The van der Waals surface area contributed by atoms with Crippen LogP contribution in [0.4, 0.5) is 17.1 Å². The van der Waals surface area contributed by atoms with Gasteiger partial charge in [0.1, 0.15) is 11.9 Å². The molecule has 0 saturated heterocycles. The van der Waals surface area contributed by atoms with Crippen molar-refractivity contribution in [2.75, 3.05) is 29.0 Å². The minimum atomic E-state index is -0.0519. The summed E-state index contributed by atoms with van der Waals surface area (Å²) >= 11 is 0. The second-order valence-corrected chi connectivity index (χ2v) is 6.17. The van der Waals surface area contributed by atoms with Crippen LogP contribution in [0.5, 0.6) is 5.75 Å². The molecule has 0 radical (unpaired) electrons. The molecule has 0 fully saturated rings. The Labute approximate surface area is 142 Å². The lowest BCUT2D eigenvalue weighted by Crippen LogP contribution is -2.43. The van der Waals surface area contributed by atoms with Crippen molar-refractivity contribution in [1.82, 2.24) is 0 Å². The van der Waals surface area contributed by atoms with Crippen LogP contribution >= 0.6 is 0 Å².